The standard InChI is InChI=1S/C12H24O8S3.C12H24O5S2/c1-9(2)11(5,19-21(7,13)14)12(6,20-22(8,15)16)10(3,4)23(9,17)18;1-9(2)10(3,4)19(15,16)11(5,6)12(9,7)17-18(8,13)14/h1-8H3;1-8H3. The van der Waals surface area contributed by atoms with Crippen LogP contribution in [0, 0.1) is 5.41 Å². The van der Waals surface area contributed by atoms with Crippen molar-refractivity contribution in [3.05, 3.63) is 0 Å². The highest BCUT2D eigenvalue weighted by molar-refractivity contribution is 7.95. The van der Waals surface area contributed by atoms with Gasteiger partial charge in [0, 0.05) is 5.41 Å². The van der Waals surface area contributed by atoms with E-state index >= 15 is 0 Å². The van der Waals surface area contributed by atoms with E-state index < -0.39 is 91.2 Å². The lowest BCUT2D eigenvalue weighted by Crippen LogP contribution is -2.64. The molecule has 0 aromatic carbocycles. The molecule has 0 N–H and O–H groups in total. The van der Waals surface area contributed by atoms with Crippen molar-refractivity contribution in [3.8, 4) is 0 Å². The van der Waals surface area contributed by atoms with Crippen LogP contribution in [0.5, 0.6) is 0 Å². The van der Waals surface area contributed by atoms with Gasteiger partial charge in [0.2, 0.25) is 0 Å². The highest BCUT2D eigenvalue weighted by atomic mass is 32.2. The van der Waals surface area contributed by atoms with Gasteiger partial charge in [0.25, 0.3) is 30.4 Å². The van der Waals surface area contributed by atoms with E-state index in [0.717, 1.165) is 18.8 Å². The molecule has 0 saturated carbocycles. The molecule has 3 atom stereocenters. The van der Waals surface area contributed by atoms with Crippen LogP contribution in [0.25, 0.3) is 0 Å². The predicted molar refractivity (Wildman–Crippen MR) is 161 cm³/mol. The van der Waals surface area contributed by atoms with Crippen LogP contribution in [0.15, 0.2) is 0 Å². The van der Waals surface area contributed by atoms with Crippen molar-refractivity contribution >= 4 is 50.0 Å². The van der Waals surface area contributed by atoms with Crippen LogP contribution in [0.4, 0.5) is 0 Å². The second kappa shape index (κ2) is 9.82. The summed E-state index contributed by atoms with van der Waals surface area (Å²) in [7, 11) is -19.6. The van der Waals surface area contributed by atoms with Crippen molar-refractivity contribution in [1.82, 2.24) is 0 Å². The van der Waals surface area contributed by atoms with E-state index in [1.807, 2.05) is 0 Å². The van der Waals surface area contributed by atoms with Gasteiger partial charge in [-0.2, -0.15) is 25.3 Å². The molecular weight excluding hydrogens is 657 g/mol. The maximum absolute atomic E-state index is 13.0. The summed E-state index contributed by atoms with van der Waals surface area (Å²) in [6, 6.07) is 0. The van der Waals surface area contributed by atoms with Crippen molar-refractivity contribution in [1.29, 1.82) is 0 Å². The molecule has 2 fully saturated rings. The van der Waals surface area contributed by atoms with Gasteiger partial charge in [-0.05, 0) is 76.2 Å². The molecule has 0 bridgehead atoms. The predicted octanol–water partition coefficient (Wildman–Crippen LogP) is 2.17. The topological polar surface area (TPSA) is 198 Å². The quantitative estimate of drug-likeness (QED) is 0.365. The lowest BCUT2D eigenvalue weighted by molar-refractivity contribution is -0.107. The summed E-state index contributed by atoms with van der Waals surface area (Å²) in [5.74, 6) is 0. The van der Waals surface area contributed by atoms with E-state index in [9.17, 15) is 42.1 Å². The number of hydrogen-bond acceptors (Lipinski definition) is 13. The molecule has 0 amide bonds. The minimum atomic E-state index is -4.10. The van der Waals surface area contributed by atoms with Crippen molar-refractivity contribution in [2.45, 2.75) is 126 Å². The fraction of sp³-hybridized carbons (Fsp3) is 1.00. The first-order valence-electron chi connectivity index (χ1n) is 12.8. The smallest absolute Gasteiger partial charge is 0.262 e. The Balaban J connectivity index is 0.000000428. The third kappa shape index (κ3) is 5.11. The highest BCUT2D eigenvalue weighted by Gasteiger charge is 2.80. The molecule has 0 spiro atoms. The summed E-state index contributed by atoms with van der Waals surface area (Å²) in [6.07, 6.45) is 2.49. The molecule has 0 aromatic rings. The zero-order valence-electron chi connectivity index (χ0n) is 27.3. The maximum atomic E-state index is 13.0. The van der Waals surface area contributed by atoms with Gasteiger partial charge in [0.15, 0.2) is 19.7 Å². The first-order valence-corrected chi connectivity index (χ1v) is 21.2. The summed E-state index contributed by atoms with van der Waals surface area (Å²) in [4.78, 5) is 0. The van der Waals surface area contributed by atoms with Crippen LogP contribution in [-0.2, 0) is 62.6 Å². The second-order valence-corrected chi connectivity index (χ2v) is 25.0. The number of rotatable bonds is 6. The highest BCUT2D eigenvalue weighted by Crippen LogP contribution is 2.63. The molecule has 42 heavy (non-hydrogen) atoms. The van der Waals surface area contributed by atoms with E-state index in [4.69, 9.17) is 12.5 Å². The Hall–Kier alpha value is -0.370. The SMILES string of the molecule is CC1(C)C(C)(OS(C)(=O)=O)C(C)(C)S(=O)(=O)C1(C)C.CC1(OS(C)(=O)=O)C(C)(OS(C)(=O)=O)C(C)(C)S(=O)(=O)C1(C)C. The van der Waals surface area contributed by atoms with Crippen molar-refractivity contribution in [2.24, 2.45) is 5.41 Å². The first kappa shape index (κ1) is 39.7. The van der Waals surface area contributed by atoms with E-state index in [1.54, 1.807) is 34.6 Å². The van der Waals surface area contributed by atoms with Crippen LogP contribution in [0.1, 0.15) is 90.0 Å². The minimum Gasteiger partial charge on any atom is -0.262 e. The van der Waals surface area contributed by atoms with Gasteiger partial charge in [-0.15, -0.1) is 0 Å². The number of hydrogen-bond donors (Lipinski definition) is 0. The fourth-order valence-electron chi connectivity index (χ4n) is 6.33. The van der Waals surface area contributed by atoms with Gasteiger partial charge in [-0.3, -0.25) is 12.5 Å². The van der Waals surface area contributed by atoms with Gasteiger partial charge in [-0.1, -0.05) is 13.8 Å². The molecule has 2 aliphatic heterocycles. The van der Waals surface area contributed by atoms with E-state index in [0.29, 0.717) is 0 Å². The Morgan fingerprint density at radius 2 is 0.571 bits per heavy atom. The lowest BCUT2D eigenvalue weighted by atomic mass is 9.64. The molecule has 18 heteroatoms. The Morgan fingerprint density at radius 3 is 0.762 bits per heavy atom. The van der Waals surface area contributed by atoms with Crippen LogP contribution in [0.2, 0.25) is 0 Å². The molecule has 2 rings (SSSR count). The third-order valence-corrected chi connectivity index (χ3v) is 19.7. The minimum absolute atomic E-state index is 0.771. The molecular formula is C24H48O13S5. The fourth-order valence-corrected chi connectivity index (χ4v) is 15.2. The van der Waals surface area contributed by atoms with Gasteiger partial charge in [0.05, 0.1) is 28.3 Å². The molecule has 2 aliphatic rings. The zero-order valence-corrected chi connectivity index (χ0v) is 31.4. The monoisotopic (exact) mass is 704 g/mol. The molecule has 2 heterocycles. The Morgan fingerprint density at radius 1 is 0.381 bits per heavy atom. The largest absolute Gasteiger partial charge is 0.265 e. The Bertz CT molecular complexity index is 1600. The molecule has 252 valence electrons. The van der Waals surface area contributed by atoms with E-state index in [1.165, 1.54) is 55.4 Å². The van der Waals surface area contributed by atoms with Crippen molar-refractivity contribution in [2.75, 3.05) is 18.8 Å². The van der Waals surface area contributed by atoms with Crippen molar-refractivity contribution in [3.63, 3.8) is 0 Å². The van der Waals surface area contributed by atoms with Gasteiger partial charge < -0.3 is 0 Å². The maximum Gasteiger partial charge on any atom is 0.265 e. The van der Waals surface area contributed by atoms with Crippen LogP contribution in [-0.4, -0.2) is 96.6 Å². The summed E-state index contributed by atoms with van der Waals surface area (Å²) in [5.41, 5.74) is -6.15. The molecule has 0 aliphatic carbocycles. The summed E-state index contributed by atoms with van der Waals surface area (Å²) in [6.45, 7) is 19.0. The molecule has 0 radical (unpaired) electrons. The van der Waals surface area contributed by atoms with E-state index in [-0.39, 0.29) is 0 Å². The normalized spacial score (nSPS) is 35.6. The van der Waals surface area contributed by atoms with Gasteiger partial charge in [-0.25, -0.2) is 16.8 Å². The Kier molecular flexibility index (Phi) is 9.27. The molecule has 13 nitrogen and oxygen atoms in total. The van der Waals surface area contributed by atoms with E-state index in [2.05, 4.69) is 0 Å². The average molecular weight is 705 g/mol. The second-order valence-electron chi connectivity index (χ2n) is 14.1. The first-order chi connectivity index (χ1) is 17.6. The van der Waals surface area contributed by atoms with Gasteiger partial charge >= 0.3 is 0 Å². The summed E-state index contributed by atoms with van der Waals surface area (Å²) < 4.78 is 131. The third-order valence-electron chi connectivity index (χ3n) is 10.7. The Labute approximate surface area is 253 Å². The molecule has 2 saturated heterocycles. The van der Waals surface area contributed by atoms with Gasteiger partial charge in [0.1, 0.15) is 26.3 Å². The lowest BCUT2D eigenvalue weighted by Gasteiger charge is -2.45. The summed E-state index contributed by atoms with van der Waals surface area (Å²) in [5, 5.41) is 0. The number of sulfone groups is 2. The van der Waals surface area contributed by atoms with Crippen LogP contribution in [0.3, 0.4) is 0 Å². The summed E-state index contributed by atoms with van der Waals surface area (Å²) >= 11 is 0. The van der Waals surface area contributed by atoms with Crippen LogP contribution >= 0.6 is 0 Å². The molecule has 3 unspecified atom stereocenters. The van der Waals surface area contributed by atoms with Crippen molar-refractivity contribution < 1.29 is 54.6 Å². The zero-order chi connectivity index (χ0) is 34.6. The molecule has 0 aromatic heterocycles. The van der Waals surface area contributed by atoms with Crippen LogP contribution < -0.4 is 0 Å². The average Bonchev–Trinajstić information content (AvgIpc) is 2.76.